The zero-order valence-corrected chi connectivity index (χ0v) is 15.5. The van der Waals surface area contributed by atoms with E-state index in [0.29, 0.717) is 0 Å². The van der Waals surface area contributed by atoms with E-state index in [1.165, 1.54) is 5.56 Å². The quantitative estimate of drug-likeness (QED) is 0.801. The molecular formula is C22H29NO2. The monoisotopic (exact) mass is 339 g/mol. The average molecular weight is 339 g/mol. The number of nitrogens with one attached hydrogen (secondary N) is 1. The van der Waals surface area contributed by atoms with Crippen LogP contribution in [-0.2, 0) is 10.2 Å². The molecule has 0 unspecified atom stereocenters. The summed E-state index contributed by atoms with van der Waals surface area (Å²) < 4.78 is 11.2. The van der Waals surface area contributed by atoms with Gasteiger partial charge in [-0.25, -0.2) is 0 Å². The lowest BCUT2D eigenvalue weighted by atomic mass is 9.67. The first-order valence-corrected chi connectivity index (χ1v) is 9.10. The van der Waals surface area contributed by atoms with Gasteiger partial charge in [0.05, 0.1) is 12.7 Å². The number of hydrogen-bond acceptors (Lipinski definition) is 3. The highest BCUT2D eigenvalue weighted by Crippen LogP contribution is 2.43. The summed E-state index contributed by atoms with van der Waals surface area (Å²) in [6, 6.07) is 19.1. The molecule has 0 amide bonds. The second-order valence-electron chi connectivity index (χ2n) is 7.59. The van der Waals surface area contributed by atoms with Gasteiger partial charge in [-0.3, -0.25) is 0 Å². The summed E-state index contributed by atoms with van der Waals surface area (Å²) in [5.74, 6) is 0.887. The van der Waals surface area contributed by atoms with E-state index in [2.05, 4.69) is 61.6 Å². The predicted octanol–water partition coefficient (Wildman–Crippen LogP) is 5.02. The molecule has 0 spiro atoms. The van der Waals surface area contributed by atoms with Crippen molar-refractivity contribution in [3.8, 4) is 5.75 Å². The van der Waals surface area contributed by atoms with E-state index < -0.39 is 0 Å². The molecule has 1 aliphatic heterocycles. The fraction of sp³-hybridized carbons (Fsp3) is 0.455. The van der Waals surface area contributed by atoms with E-state index in [-0.39, 0.29) is 11.0 Å². The smallest absolute Gasteiger partial charge is 0.119 e. The molecule has 3 nitrogen and oxygen atoms in total. The average Bonchev–Trinajstić information content (AvgIpc) is 2.62. The van der Waals surface area contributed by atoms with Crippen molar-refractivity contribution >= 4 is 5.69 Å². The van der Waals surface area contributed by atoms with Crippen LogP contribution in [0.4, 0.5) is 5.69 Å². The highest BCUT2D eigenvalue weighted by Gasteiger charge is 2.41. The minimum absolute atomic E-state index is 0.0752. The van der Waals surface area contributed by atoms with Crippen LogP contribution in [0, 0.1) is 0 Å². The van der Waals surface area contributed by atoms with Crippen LogP contribution >= 0.6 is 0 Å². The summed E-state index contributed by atoms with van der Waals surface area (Å²) in [5.41, 5.74) is 2.66. The summed E-state index contributed by atoms with van der Waals surface area (Å²) in [5, 5.41) is 3.57. The molecule has 1 aliphatic rings. The third-order valence-corrected chi connectivity index (χ3v) is 5.25. The van der Waals surface area contributed by atoms with E-state index in [1.54, 1.807) is 7.11 Å². The Labute approximate surface area is 151 Å². The Morgan fingerprint density at radius 2 is 1.76 bits per heavy atom. The summed E-state index contributed by atoms with van der Waals surface area (Å²) in [7, 11) is 1.69. The SMILES string of the molecule is COc1ccc(NCC[C@]2(c3ccccc3)CCOC(C)(C)C2)cc1. The van der Waals surface area contributed by atoms with E-state index in [4.69, 9.17) is 9.47 Å². The molecule has 3 heteroatoms. The molecule has 2 aromatic rings. The van der Waals surface area contributed by atoms with E-state index in [0.717, 1.165) is 43.9 Å². The molecule has 1 heterocycles. The van der Waals surface area contributed by atoms with Crippen molar-refractivity contribution in [3.05, 3.63) is 60.2 Å². The van der Waals surface area contributed by atoms with Gasteiger partial charge in [-0.1, -0.05) is 30.3 Å². The Kier molecular flexibility index (Phi) is 5.33. The summed E-state index contributed by atoms with van der Waals surface area (Å²) in [4.78, 5) is 0. The molecule has 1 saturated heterocycles. The molecule has 0 radical (unpaired) electrons. The van der Waals surface area contributed by atoms with Gasteiger partial charge in [0.15, 0.2) is 0 Å². The number of rotatable bonds is 6. The van der Waals surface area contributed by atoms with Gasteiger partial charge in [0.1, 0.15) is 5.75 Å². The number of methoxy groups -OCH3 is 1. The first kappa shape index (κ1) is 17.8. The van der Waals surface area contributed by atoms with Crippen LogP contribution in [-0.4, -0.2) is 25.9 Å². The Morgan fingerprint density at radius 1 is 1.04 bits per heavy atom. The maximum absolute atomic E-state index is 6.00. The van der Waals surface area contributed by atoms with Crippen molar-refractivity contribution in [1.29, 1.82) is 0 Å². The van der Waals surface area contributed by atoms with Gasteiger partial charge in [-0.15, -0.1) is 0 Å². The lowest BCUT2D eigenvalue weighted by Crippen LogP contribution is -2.44. The van der Waals surface area contributed by atoms with Gasteiger partial charge in [0, 0.05) is 24.3 Å². The Hall–Kier alpha value is -2.00. The van der Waals surface area contributed by atoms with Gasteiger partial charge in [0.2, 0.25) is 0 Å². The molecule has 2 aromatic carbocycles. The largest absolute Gasteiger partial charge is 0.497 e. The first-order chi connectivity index (χ1) is 12.0. The Balaban J connectivity index is 1.72. The lowest BCUT2D eigenvalue weighted by molar-refractivity contribution is -0.0834. The minimum Gasteiger partial charge on any atom is -0.497 e. The highest BCUT2D eigenvalue weighted by molar-refractivity contribution is 5.46. The third kappa shape index (κ3) is 4.35. The van der Waals surface area contributed by atoms with Crippen LogP contribution < -0.4 is 10.1 Å². The molecule has 0 aromatic heterocycles. The van der Waals surface area contributed by atoms with Gasteiger partial charge in [-0.05, 0) is 62.9 Å². The van der Waals surface area contributed by atoms with Crippen LogP contribution in [0.15, 0.2) is 54.6 Å². The zero-order valence-electron chi connectivity index (χ0n) is 15.5. The zero-order chi connectivity index (χ0) is 17.8. The molecule has 0 bridgehead atoms. The van der Waals surface area contributed by atoms with Crippen LogP contribution in [0.2, 0.25) is 0 Å². The highest BCUT2D eigenvalue weighted by atomic mass is 16.5. The summed E-state index contributed by atoms with van der Waals surface area (Å²) >= 11 is 0. The van der Waals surface area contributed by atoms with Crippen molar-refractivity contribution < 1.29 is 9.47 Å². The van der Waals surface area contributed by atoms with Gasteiger partial charge in [0.25, 0.3) is 0 Å². The molecule has 25 heavy (non-hydrogen) atoms. The van der Waals surface area contributed by atoms with Gasteiger partial charge < -0.3 is 14.8 Å². The van der Waals surface area contributed by atoms with Crippen LogP contribution in [0.25, 0.3) is 0 Å². The third-order valence-electron chi connectivity index (χ3n) is 5.25. The maximum Gasteiger partial charge on any atom is 0.119 e. The molecule has 0 saturated carbocycles. The van der Waals surface area contributed by atoms with Crippen molar-refractivity contribution in [3.63, 3.8) is 0 Å². The second-order valence-corrected chi connectivity index (χ2v) is 7.59. The normalized spacial score (nSPS) is 22.4. The van der Waals surface area contributed by atoms with Crippen LogP contribution in [0.3, 0.4) is 0 Å². The predicted molar refractivity (Wildman–Crippen MR) is 103 cm³/mol. The minimum atomic E-state index is -0.0752. The molecule has 1 fully saturated rings. The topological polar surface area (TPSA) is 30.5 Å². The molecule has 134 valence electrons. The number of benzene rings is 2. The Morgan fingerprint density at radius 3 is 2.40 bits per heavy atom. The van der Waals surface area contributed by atoms with E-state index >= 15 is 0 Å². The molecule has 0 aliphatic carbocycles. The molecular weight excluding hydrogens is 310 g/mol. The van der Waals surface area contributed by atoms with Crippen molar-refractivity contribution in [2.45, 2.75) is 44.1 Å². The van der Waals surface area contributed by atoms with E-state index in [9.17, 15) is 0 Å². The fourth-order valence-electron chi connectivity index (χ4n) is 4.03. The number of anilines is 1. The molecule has 3 rings (SSSR count). The molecule has 1 N–H and O–H groups in total. The van der Waals surface area contributed by atoms with Gasteiger partial charge in [-0.2, -0.15) is 0 Å². The standard InChI is InChI=1S/C22H29NO2/c1-21(2)17-22(14-16-25-21,18-7-5-4-6-8-18)13-15-23-19-9-11-20(24-3)12-10-19/h4-12,23H,13-17H2,1-3H3/t22-/m0/s1. The van der Waals surface area contributed by atoms with Crippen molar-refractivity contribution in [2.75, 3.05) is 25.6 Å². The van der Waals surface area contributed by atoms with Crippen molar-refractivity contribution in [1.82, 2.24) is 0 Å². The fourth-order valence-corrected chi connectivity index (χ4v) is 4.03. The van der Waals surface area contributed by atoms with Crippen LogP contribution in [0.5, 0.6) is 5.75 Å². The summed E-state index contributed by atoms with van der Waals surface area (Å²) in [6.45, 7) is 6.18. The second kappa shape index (κ2) is 7.49. The number of ether oxygens (including phenoxy) is 2. The molecule has 1 atom stereocenters. The van der Waals surface area contributed by atoms with E-state index in [1.807, 2.05) is 12.1 Å². The lowest BCUT2D eigenvalue weighted by Gasteiger charge is -2.45. The Bertz CT molecular complexity index is 666. The first-order valence-electron chi connectivity index (χ1n) is 9.10. The summed E-state index contributed by atoms with van der Waals surface area (Å²) in [6.07, 6.45) is 3.22. The van der Waals surface area contributed by atoms with Crippen molar-refractivity contribution in [2.24, 2.45) is 0 Å². The van der Waals surface area contributed by atoms with Crippen LogP contribution in [0.1, 0.15) is 38.7 Å². The van der Waals surface area contributed by atoms with Gasteiger partial charge >= 0.3 is 0 Å². The maximum atomic E-state index is 6.00. The number of hydrogen-bond donors (Lipinski definition) is 1.